The van der Waals surface area contributed by atoms with E-state index in [0.29, 0.717) is 16.3 Å². The van der Waals surface area contributed by atoms with Crippen LogP contribution in [0.5, 0.6) is 0 Å². The fourth-order valence-corrected chi connectivity index (χ4v) is 3.60. The second-order valence-electron chi connectivity index (χ2n) is 5.23. The summed E-state index contributed by atoms with van der Waals surface area (Å²) in [5, 5.41) is 3.18. The minimum absolute atomic E-state index is 0.111. The molecule has 0 unspecified atom stereocenters. The van der Waals surface area contributed by atoms with E-state index in [2.05, 4.69) is 10.3 Å². The van der Waals surface area contributed by atoms with E-state index in [-0.39, 0.29) is 15.7 Å². The summed E-state index contributed by atoms with van der Waals surface area (Å²) in [5.74, 6) is -0.324. The Morgan fingerprint density at radius 3 is 2.08 bits per heavy atom. The molecule has 126 valence electrons. The molecular weight excluding hydrogens is 360 g/mol. The molecule has 0 saturated heterocycles. The number of benzene rings is 2. The zero-order valence-electron chi connectivity index (χ0n) is 12.9. The molecule has 0 aliphatic heterocycles. The Kier molecular flexibility index (Phi) is 4.83. The molecule has 1 heterocycles. The van der Waals surface area contributed by atoms with Crippen LogP contribution in [0.3, 0.4) is 0 Å². The normalized spacial score (nSPS) is 11.1. The molecular formula is C18H14ClN2O3S+. The molecule has 3 rings (SSSR count). The molecule has 0 atom stereocenters. The Balaban J connectivity index is 1.82. The first-order valence-corrected chi connectivity index (χ1v) is 9.21. The monoisotopic (exact) mass is 373 g/mol. The number of hydrogen-bond acceptors (Lipinski definition) is 3. The van der Waals surface area contributed by atoms with E-state index in [1.165, 1.54) is 48.5 Å². The van der Waals surface area contributed by atoms with Gasteiger partial charge in [0, 0.05) is 16.7 Å². The summed E-state index contributed by atoms with van der Waals surface area (Å²) in [6.45, 7) is 0. The molecule has 0 radical (unpaired) electrons. The second kappa shape index (κ2) is 7.04. The summed E-state index contributed by atoms with van der Waals surface area (Å²) in [6.07, 6.45) is 3.38. The van der Waals surface area contributed by atoms with Crippen molar-refractivity contribution in [3.63, 3.8) is 0 Å². The van der Waals surface area contributed by atoms with Gasteiger partial charge in [0.15, 0.2) is 12.4 Å². The number of anilines is 1. The third-order valence-electron chi connectivity index (χ3n) is 3.52. The highest BCUT2D eigenvalue weighted by molar-refractivity contribution is 7.91. The number of H-pyrrole nitrogens is 1. The van der Waals surface area contributed by atoms with Crippen molar-refractivity contribution in [3.05, 3.63) is 83.6 Å². The zero-order chi connectivity index (χ0) is 17.9. The highest BCUT2D eigenvalue weighted by atomic mass is 35.5. The van der Waals surface area contributed by atoms with Gasteiger partial charge in [-0.05, 0) is 54.6 Å². The molecule has 2 N–H and O–H groups in total. The van der Waals surface area contributed by atoms with Crippen molar-refractivity contribution in [3.8, 4) is 0 Å². The smallest absolute Gasteiger partial charge is 0.255 e. The quantitative estimate of drug-likeness (QED) is 0.762. The van der Waals surface area contributed by atoms with Gasteiger partial charge in [0.2, 0.25) is 9.84 Å². The van der Waals surface area contributed by atoms with Gasteiger partial charge in [-0.2, -0.15) is 0 Å². The number of pyridine rings is 1. The number of aromatic nitrogens is 1. The summed E-state index contributed by atoms with van der Waals surface area (Å²) >= 11 is 5.79. The summed E-state index contributed by atoms with van der Waals surface area (Å²) in [4.78, 5) is 15.3. The average Bonchev–Trinajstić information content (AvgIpc) is 2.63. The highest BCUT2D eigenvalue weighted by Gasteiger charge is 2.18. The highest BCUT2D eigenvalue weighted by Crippen LogP contribution is 2.23. The summed E-state index contributed by atoms with van der Waals surface area (Å²) in [7, 11) is -3.65. The van der Waals surface area contributed by atoms with Gasteiger partial charge in [0.05, 0.1) is 9.79 Å². The van der Waals surface area contributed by atoms with Crippen molar-refractivity contribution in [1.82, 2.24) is 0 Å². The molecule has 0 spiro atoms. The third kappa shape index (κ3) is 3.87. The first kappa shape index (κ1) is 17.1. The van der Waals surface area contributed by atoms with Gasteiger partial charge in [0.1, 0.15) is 5.69 Å². The molecule has 25 heavy (non-hydrogen) atoms. The Hall–Kier alpha value is -2.70. The molecule has 7 heteroatoms. The van der Waals surface area contributed by atoms with Crippen LogP contribution in [0.2, 0.25) is 5.02 Å². The van der Waals surface area contributed by atoms with Crippen LogP contribution < -0.4 is 10.3 Å². The van der Waals surface area contributed by atoms with Crippen molar-refractivity contribution in [2.75, 3.05) is 5.32 Å². The van der Waals surface area contributed by atoms with E-state index in [1.54, 1.807) is 24.5 Å². The lowest BCUT2D eigenvalue weighted by Crippen LogP contribution is -2.14. The van der Waals surface area contributed by atoms with Crippen LogP contribution in [0.25, 0.3) is 0 Å². The molecule has 0 bridgehead atoms. The Bertz CT molecular complexity index is 987. The third-order valence-corrected chi connectivity index (χ3v) is 5.55. The van der Waals surface area contributed by atoms with E-state index >= 15 is 0 Å². The number of rotatable bonds is 4. The van der Waals surface area contributed by atoms with Gasteiger partial charge < -0.3 is 5.32 Å². The van der Waals surface area contributed by atoms with Crippen LogP contribution >= 0.6 is 11.6 Å². The lowest BCUT2D eigenvalue weighted by atomic mass is 10.2. The van der Waals surface area contributed by atoms with Crippen molar-refractivity contribution in [2.45, 2.75) is 9.79 Å². The number of sulfone groups is 1. The number of hydrogen-bond donors (Lipinski definition) is 1. The van der Waals surface area contributed by atoms with Crippen molar-refractivity contribution in [2.24, 2.45) is 0 Å². The Morgan fingerprint density at radius 1 is 0.920 bits per heavy atom. The Labute approximate surface area is 150 Å². The maximum atomic E-state index is 12.6. The fraction of sp³-hybridized carbons (Fsp3) is 0. The van der Waals surface area contributed by atoms with Gasteiger partial charge in [-0.25, -0.2) is 13.4 Å². The number of nitrogens with one attached hydrogen (secondary N) is 2. The number of amides is 1. The lowest BCUT2D eigenvalue weighted by Gasteiger charge is -2.07. The van der Waals surface area contributed by atoms with Gasteiger partial charge in [0.25, 0.3) is 5.91 Å². The van der Waals surface area contributed by atoms with Gasteiger partial charge in [-0.3, -0.25) is 4.79 Å². The van der Waals surface area contributed by atoms with Crippen molar-refractivity contribution < 1.29 is 18.2 Å². The first-order chi connectivity index (χ1) is 12.0. The van der Waals surface area contributed by atoms with Crippen LogP contribution in [0.4, 0.5) is 5.69 Å². The topological polar surface area (TPSA) is 77.4 Å². The molecule has 0 aliphatic carbocycles. The molecule has 1 aromatic heterocycles. The van der Waals surface area contributed by atoms with Gasteiger partial charge in [-0.1, -0.05) is 11.6 Å². The predicted octanol–water partition coefficient (Wildman–Crippen LogP) is 3.24. The minimum Gasteiger partial charge on any atom is -0.317 e. The van der Waals surface area contributed by atoms with E-state index in [4.69, 9.17) is 11.6 Å². The summed E-state index contributed by atoms with van der Waals surface area (Å²) < 4.78 is 25.1. The van der Waals surface area contributed by atoms with Crippen LogP contribution in [0, 0.1) is 0 Å². The van der Waals surface area contributed by atoms with Crippen LogP contribution in [0.1, 0.15) is 10.4 Å². The van der Waals surface area contributed by atoms with E-state index in [9.17, 15) is 13.2 Å². The largest absolute Gasteiger partial charge is 0.317 e. The van der Waals surface area contributed by atoms with Gasteiger partial charge >= 0.3 is 0 Å². The maximum absolute atomic E-state index is 12.6. The van der Waals surface area contributed by atoms with Crippen LogP contribution in [-0.2, 0) is 9.84 Å². The van der Waals surface area contributed by atoms with Gasteiger partial charge in [-0.15, -0.1) is 0 Å². The van der Waals surface area contributed by atoms with Crippen LogP contribution in [-0.4, -0.2) is 14.3 Å². The van der Waals surface area contributed by atoms with E-state index in [1.807, 2.05) is 0 Å². The molecule has 3 aromatic rings. The minimum atomic E-state index is -3.65. The SMILES string of the molecule is O=C(Nc1ccc[nH+]c1)c1ccc(S(=O)(=O)c2ccc(Cl)cc2)cc1. The molecule has 5 nitrogen and oxygen atoms in total. The van der Waals surface area contributed by atoms with Crippen LogP contribution in [0.15, 0.2) is 82.8 Å². The van der Waals surface area contributed by atoms with Crippen molar-refractivity contribution >= 4 is 33.0 Å². The first-order valence-electron chi connectivity index (χ1n) is 7.35. The number of halogens is 1. The summed E-state index contributed by atoms with van der Waals surface area (Å²) in [6, 6.07) is 15.2. The molecule has 1 amide bonds. The molecule has 0 saturated carbocycles. The lowest BCUT2D eigenvalue weighted by molar-refractivity contribution is -0.377. The molecule has 2 aromatic carbocycles. The van der Waals surface area contributed by atoms with Crippen molar-refractivity contribution in [1.29, 1.82) is 0 Å². The standard InChI is InChI=1S/C18H13ClN2O3S/c19-14-5-9-17(10-6-14)25(23,24)16-7-3-13(4-8-16)18(22)21-15-2-1-11-20-12-15/h1-12H,(H,21,22)/p+1. The molecule has 0 aliphatic rings. The number of carbonyl (C=O) groups excluding carboxylic acids is 1. The second-order valence-corrected chi connectivity index (χ2v) is 7.61. The number of carbonyl (C=O) groups is 1. The maximum Gasteiger partial charge on any atom is 0.255 e. The number of aromatic amines is 1. The summed E-state index contributed by atoms with van der Waals surface area (Å²) in [5.41, 5.74) is 0.976. The van der Waals surface area contributed by atoms with E-state index in [0.717, 1.165) is 0 Å². The fourth-order valence-electron chi connectivity index (χ4n) is 2.21. The Morgan fingerprint density at radius 2 is 1.52 bits per heavy atom. The average molecular weight is 374 g/mol. The molecule has 0 fully saturated rings. The zero-order valence-corrected chi connectivity index (χ0v) is 14.5. The van der Waals surface area contributed by atoms with E-state index < -0.39 is 9.84 Å². The predicted molar refractivity (Wildman–Crippen MR) is 94.3 cm³/mol.